The van der Waals surface area contributed by atoms with Crippen molar-refractivity contribution in [3.63, 3.8) is 0 Å². The Bertz CT molecular complexity index is 642. The van der Waals surface area contributed by atoms with Crippen molar-refractivity contribution < 1.29 is 23.8 Å². The third-order valence-corrected chi connectivity index (χ3v) is 4.47. The second-order valence-corrected chi connectivity index (χ2v) is 6.16. The van der Waals surface area contributed by atoms with Crippen molar-refractivity contribution in [3.8, 4) is 11.5 Å². The summed E-state index contributed by atoms with van der Waals surface area (Å²) in [4.78, 5) is 28.2. The summed E-state index contributed by atoms with van der Waals surface area (Å²) in [7, 11) is 6.63. The summed E-state index contributed by atoms with van der Waals surface area (Å²) >= 11 is 0. The average Bonchev–Trinajstić information content (AvgIpc) is 2.66. The van der Waals surface area contributed by atoms with Crippen molar-refractivity contribution in [1.29, 1.82) is 0 Å². The lowest BCUT2D eigenvalue weighted by Crippen LogP contribution is -2.47. The molecule has 0 aromatic heterocycles. The highest BCUT2D eigenvalue weighted by Gasteiger charge is 2.21. The van der Waals surface area contributed by atoms with Crippen molar-refractivity contribution in [1.82, 2.24) is 15.1 Å². The number of carbonyl (C=O) groups is 2. The van der Waals surface area contributed by atoms with Gasteiger partial charge in [0.1, 0.15) is 6.61 Å². The van der Waals surface area contributed by atoms with Crippen LogP contribution < -0.4 is 14.8 Å². The molecule has 0 radical (unpaired) electrons. The largest absolute Gasteiger partial charge is 0.493 e. The molecule has 0 spiro atoms. The van der Waals surface area contributed by atoms with Crippen LogP contribution in [-0.2, 0) is 22.6 Å². The lowest BCUT2D eigenvalue weighted by atomic mass is 10.0. The number of benzene rings is 1. The maximum Gasteiger partial charge on any atom is 0.407 e. The summed E-state index contributed by atoms with van der Waals surface area (Å²) in [5.41, 5.74) is 1.48. The zero-order valence-electron chi connectivity index (χ0n) is 15.8. The van der Waals surface area contributed by atoms with E-state index in [0.29, 0.717) is 30.2 Å². The monoisotopic (exact) mass is 365 g/mol. The zero-order chi connectivity index (χ0) is 19.1. The van der Waals surface area contributed by atoms with E-state index in [1.165, 1.54) is 14.2 Å². The van der Waals surface area contributed by atoms with Gasteiger partial charge in [-0.05, 0) is 30.3 Å². The van der Waals surface area contributed by atoms with Gasteiger partial charge in [0.05, 0.1) is 20.6 Å². The van der Waals surface area contributed by atoms with E-state index in [-0.39, 0.29) is 18.9 Å². The Balaban J connectivity index is 2.20. The van der Waals surface area contributed by atoms with Crippen LogP contribution >= 0.6 is 0 Å². The van der Waals surface area contributed by atoms with Crippen molar-refractivity contribution in [2.45, 2.75) is 13.0 Å². The fourth-order valence-corrected chi connectivity index (χ4v) is 2.81. The van der Waals surface area contributed by atoms with E-state index in [2.05, 4.69) is 10.2 Å². The third-order valence-electron chi connectivity index (χ3n) is 4.47. The minimum atomic E-state index is -0.531. The fraction of sp³-hybridized carbons (Fsp3) is 0.556. The Labute approximate surface area is 154 Å². The second kappa shape index (κ2) is 9.28. The second-order valence-electron chi connectivity index (χ2n) is 6.16. The first-order valence-electron chi connectivity index (χ1n) is 8.53. The highest BCUT2D eigenvalue weighted by atomic mass is 16.5. The smallest absolute Gasteiger partial charge is 0.407 e. The van der Waals surface area contributed by atoms with Gasteiger partial charge >= 0.3 is 6.09 Å². The summed E-state index contributed by atoms with van der Waals surface area (Å²) in [5, 5.41) is 2.41. The highest BCUT2D eigenvalue weighted by molar-refractivity contribution is 5.79. The van der Waals surface area contributed by atoms with Crippen LogP contribution in [0.25, 0.3) is 0 Å². The Morgan fingerprint density at radius 3 is 2.15 bits per heavy atom. The molecule has 26 heavy (non-hydrogen) atoms. The molecular formula is C18H27N3O5. The Hall–Kier alpha value is -2.48. The normalized spacial score (nSPS) is 14.7. The highest BCUT2D eigenvalue weighted by Crippen LogP contribution is 2.31. The van der Waals surface area contributed by atoms with Crippen LogP contribution in [0.15, 0.2) is 12.1 Å². The van der Waals surface area contributed by atoms with Crippen molar-refractivity contribution in [3.05, 3.63) is 23.3 Å². The van der Waals surface area contributed by atoms with E-state index in [1.54, 1.807) is 19.2 Å². The lowest BCUT2D eigenvalue weighted by Gasteiger charge is -2.32. The van der Waals surface area contributed by atoms with E-state index in [4.69, 9.17) is 14.2 Å². The standard InChI is InChI=1S/C18H27N3O5/c1-19-18(23)26-12-14-10-16(25-4)15(24-3)9-13(14)11-17(22)21-7-5-20(2)6-8-21/h9-10H,5-8,11-12H2,1-4H3,(H,19,23). The quantitative estimate of drug-likeness (QED) is 0.806. The number of alkyl carbamates (subject to hydrolysis) is 1. The van der Waals surface area contributed by atoms with Gasteiger partial charge in [-0.15, -0.1) is 0 Å². The number of likely N-dealkylation sites (N-methyl/N-ethyl adjacent to an activating group) is 1. The number of rotatable bonds is 6. The summed E-state index contributed by atoms with van der Waals surface area (Å²) in [6.45, 7) is 3.21. The number of amides is 2. The molecule has 8 heteroatoms. The Morgan fingerprint density at radius 1 is 1.04 bits per heavy atom. The molecule has 1 N–H and O–H groups in total. The molecule has 0 bridgehead atoms. The average molecular weight is 365 g/mol. The van der Waals surface area contributed by atoms with Gasteiger partial charge in [0, 0.05) is 33.2 Å². The third kappa shape index (κ3) is 5.01. The minimum absolute atomic E-state index is 0.0470. The number of piperazine rings is 1. The van der Waals surface area contributed by atoms with E-state index in [1.807, 2.05) is 11.9 Å². The molecule has 1 fully saturated rings. The van der Waals surface area contributed by atoms with Gasteiger partial charge in [-0.1, -0.05) is 0 Å². The van der Waals surface area contributed by atoms with Gasteiger partial charge in [-0.2, -0.15) is 0 Å². The van der Waals surface area contributed by atoms with Crippen LogP contribution in [-0.4, -0.2) is 76.3 Å². The molecule has 2 rings (SSSR count). The SMILES string of the molecule is CNC(=O)OCc1cc(OC)c(OC)cc1CC(=O)N1CCN(C)CC1. The van der Waals surface area contributed by atoms with Crippen LogP contribution in [0.5, 0.6) is 11.5 Å². The van der Waals surface area contributed by atoms with Crippen LogP contribution in [0, 0.1) is 0 Å². The molecule has 8 nitrogen and oxygen atoms in total. The number of nitrogens with one attached hydrogen (secondary N) is 1. The number of ether oxygens (including phenoxy) is 3. The molecule has 0 unspecified atom stereocenters. The minimum Gasteiger partial charge on any atom is -0.493 e. The van der Waals surface area contributed by atoms with Gasteiger partial charge in [-0.25, -0.2) is 4.79 Å². The first-order chi connectivity index (χ1) is 12.5. The molecule has 1 aliphatic rings. The first-order valence-corrected chi connectivity index (χ1v) is 8.53. The van der Waals surface area contributed by atoms with Gasteiger partial charge in [0.25, 0.3) is 0 Å². The molecule has 1 aromatic carbocycles. The van der Waals surface area contributed by atoms with Gasteiger partial charge in [0.15, 0.2) is 11.5 Å². The molecule has 1 aliphatic heterocycles. The van der Waals surface area contributed by atoms with Crippen molar-refractivity contribution in [2.24, 2.45) is 0 Å². The molecule has 1 saturated heterocycles. The molecule has 1 heterocycles. The molecule has 0 atom stereocenters. The number of methoxy groups -OCH3 is 2. The maximum atomic E-state index is 12.7. The van der Waals surface area contributed by atoms with E-state index < -0.39 is 6.09 Å². The van der Waals surface area contributed by atoms with Crippen LogP contribution in [0.1, 0.15) is 11.1 Å². The van der Waals surface area contributed by atoms with Gasteiger partial charge in [-0.3, -0.25) is 4.79 Å². The predicted molar refractivity (Wildman–Crippen MR) is 96.6 cm³/mol. The molecule has 0 aliphatic carbocycles. The molecular weight excluding hydrogens is 338 g/mol. The topological polar surface area (TPSA) is 80.3 Å². The summed E-state index contributed by atoms with van der Waals surface area (Å²) in [6.07, 6.45) is -0.313. The summed E-state index contributed by atoms with van der Waals surface area (Å²) < 4.78 is 15.8. The maximum absolute atomic E-state index is 12.7. The van der Waals surface area contributed by atoms with Gasteiger partial charge < -0.3 is 29.3 Å². The molecule has 2 amide bonds. The van der Waals surface area contributed by atoms with Crippen LogP contribution in [0.3, 0.4) is 0 Å². The Morgan fingerprint density at radius 2 is 1.62 bits per heavy atom. The fourth-order valence-electron chi connectivity index (χ4n) is 2.81. The predicted octanol–water partition coefficient (Wildman–Crippen LogP) is 0.876. The molecule has 1 aromatic rings. The van der Waals surface area contributed by atoms with Gasteiger partial charge in [0.2, 0.25) is 5.91 Å². The first kappa shape index (κ1) is 19.8. The Kier molecular flexibility index (Phi) is 7.08. The van der Waals surface area contributed by atoms with Crippen LogP contribution in [0.2, 0.25) is 0 Å². The number of nitrogens with zero attached hydrogens (tertiary/aromatic N) is 2. The van der Waals surface area contributed by atoms with E-state index >= 15 is 0 Å². The molecule has 0 saturated carbocycles. The zero-order valence-corrected chi connectivity index (χ0v) is 15.8. The number of carbonyl (C=O) groups excluding carboxylic acids is 2. The van der Waals surface area contributed by atoms with Crippen molar-refractivity contribution >= 4 is 12.0 Å². The van der Waals surface area contributed by atoms with E-state index in [9.17, 15) is 9.59 Å². The lowest BCUT2D eigenvalue weighted by molar-refractivity contribution is -0.132. The molecule has 144 valence electrons. The number of hydrogen-bond donors (Lipinski definition) is 1. The van der Waals surface area contributed by atoms with Crippen LogP contribution in [0.4, 0.5) is 4.79 Å². The summed E-state index contributed by atoms with van der Waals surface area (Å²) in [5.74, 6) is 1.11. The van der Waals surface area contributed by atoms with Crippen molar-refractivity contribution in [2.75, 3.05) is 54.5 Å². The number of hydrogen-bond acceptors (Lipinski definition) is 6. The van der Waals surface area contributed by atoms with E-state index in [0.717, 1.165) is 18.7 Å². The summed E-state index contributed by atoms with van der Waals surface area (Å²) in [6, 6.07) is 3.52.